The Hall–Kier alpha value is -4.37. The van der Waals surface area contributed by atoms with Crippen molar-refractivity contribution in [2.24, 2.45) is 20.0 Å². The van der Waals surface area contributed by atoms with Gasteiger partial charge in [-0.25, -0.2) is 4.98 Å². The second kappa shape index (κ2) is 9.59. The third-order valence-electron chi connectivity index (χ3n) is 9.06. The molecule has 0 N–H and O–H groups in total. The number of piperidine rings is 1. The molecule has 3 aliphatic rings. The first-order chi connectivity index (χ1) is 20.4. The Bertz CT molecular complexity index is 1870. The molecular weight excluding hydrogens is 524 g/mol. The maximum atomic E-state index is 14.3. The molecule has 8 rings (SSSR count). The van der Waals surface area contributed by atoms with Gasteiger partial charge in [0.15, 0.2) is 5.82 Å². The molecule has 1 amide bonds. The summed E-state index contributed by atoms with van der Waals surface area (Å²) in [7, 11) is 3.87. The lowest BCUT2D eigenvalue weighted by molar-refractivity contribution is 0.100. The van der Waals surface area contributed by atoms with Crippen LogP contribution < -0.4 is 4.90 Å². The van der Waals surface area contributed by atoms with Crippen LogP contribution in [0.3, 0.4) is 0 Å². The Labute approximate surface area is 244 Å². The summed E-state index contributed by atoms with van der Waals surface area (Å²) in [5, 5.41) is 15.1. The number of rotatable bonds is 6. The van der Waals surface area contributed by atoms with Gasteiger partial charge in [-0.1, -0.05) is 19.1 Å². The van der Waals surface area contributed by atoms with Crippen molar-refractivity contribution in [3.63, 3.8) is 0 Å². The smallest absolute Gasteiger partial charge is 0.264 e. The molecule has 9 heteroatoms. The standard InChI is InChI=1S/C33H34N8O/c1-20-6-5-11-40(17-20)18-21-12-23-7-4-8-28-30(23)25(13-21)33(42)41(28)29-15-24(14-27(36-29)22-9-10-22)31-26(16-35-39(31)3)32-37-34-19-38(32)2/h4,7-8,12-16,19-20,22H,5-6,9-11,17-18H2,1-3H3/t20-/m0/s1. The van der Waals surface area contributed by atoms with Crippen LogP contribution in [0.4, 0.5) is 11.5 Å². The van der Waals surface area contributed by atoms with E-state index in [9.17, 15) is 4.79 Å². The Morgan fingerprint density at radius 3 is 2.69 bits per heavy atom. The van der Waals surface area contributed by atoms with Crippen molar-refractivity contribution in [2.75, 3.05) is 18.0 Å². The number of likely N-dealkylation sites (tertiary alicyclic amines) is 1. The summed E-state index contributed by atoms with van der Waals surface area (Å²) in [4.78, 5) is 23.7. The summed E-state index contributed by atoms with van der Waals surface area (Å²) >= 11 is 0. The number of hydrogen-bond acceptors (Lipinski definition) is 6. The first-order valence-electron chi connectivity index (χ1n) is 15.0. The molecule has 2 aliphatic heterocycles. The van der Waals surface area contributed by atoms with Gasteiger partial charge in [0.25, 0.3) is 5.91 Å². The molecule has 3 aromatic heterocycles. The second-order valence-electron chi connectivity index (χ2n) is 12.4. The molecule has 9 nitrogen and oxygen atoms in total. The zero-order valence-corrected chi connectivity index (χ0v) is 24.3. The van der Waals surface area contributed by atoms with Crippen LogP contribution in [0.1, 0.15) is 60.1 Å². The average molecular weight is 559 g/mol. The fraction of sp³-hybridized carbons (Fsp3) is 0.364. The van der Waals surface area contributed by atoms with Crippen molar-refractivity contribution in [3.8, 4) is 22.6 Å². The molecule has 1 saturated heterocycles. The molecule has 0 radical (unpaired) electrons. The van der Waals surface area contributed by atoms with Gasteiger partial charge in [0.05, 0.1) is 28.7 Å². The molecule has 42 heavy (non-hydrogen) atoms. The summed E-state index contributed by atoms with van der Waals surface area (Å²) in [5.41, 5.74) is 6.67. The number of amides is 1. The summed E-state index contributed by atoms with van der Waals surface area (Å²) in [6.07, 6.45) is 8.28. The van der Waals surface area contributed by atoms with Gasteiger partial charge in [0.2, 0.25) is 0 Å². The predicted molar refractivity (Wildman–Crippen MR) is 163 cm³/mol. The SMILES string of the molecule is C[C@H]1CCCN(Cc2cc3c4c(cccc4c2)N(c2cc(-c4c(-c5nncn5C)cnn4C)cc(C4CC4)n2)C3=O)C1. The van der Waals surface area contributed by atoms with Crippen molar-refractivity contribution in [1.82, 2.24) is 34.4 Å². The molecule has 5 aromatic rings. The van der Waals surface area contributed by atoms with Crippen LogP contribution in [0.5, 0.6) is 0 Å². The topological polar surface area (TPSA) is 85.0 Å². The summed E-state index contributed by atoms with van der Waals surface area (Å²) in [5.74, 6) is 2.50. The van der Waals surface area contributed by atoms with Gasteiger partial charge in [-0.15, -0.1) is 10.2 Å². The lowest BCUT2D eigenvalue weighted by Crippen LogP contribution is -2.33. The molecule has 1 atom stereocenters. The van der Waals surface area contributed by atoms with Crippen LogP contribution >= 0.6 is 0 Å². The maximum Gasteiger partial charge on any atom is 0.264 e. The van der Waals surface area contributed by atoms with Gasteiger partial charge in [-0.05, 0) is 79.4 Å². The molecule has 0 bridgehead atoms. The van der Waals surface area contributed by atoms with Crippen molar-refractivity contribution in [1.29, 1.82) is 0 Å². The van der Waals surface area contributed by atoms with Crippen LogP contribution in [-0.4, -0.2) is 53.4 Å². The normalized spacial score (nSPS) is 18.9. The Morgan fingerprint density at radius 2 is 1.90 bits per heavy atom. The monoisotopic (exact) mass is 558 g/mol. The van der Waals surface area contributed by atoms with Gasteiger partial charge in [0.1, 0.15) is 12.1 Å². The predicted octanol–water partition coefficient (Wildman–Crippen LogP) is 5.83. The van der Waals surface area contributed by atoms with Crippen LogP contribution in [0, 0.1) is 5.92 Å². The minimum atomic E-state index is -0.0139. The Morgan fingerprint density at radius 1 is 1.02 bits per heavy atom. The van der Waals surface area contributed by atoms with Crippen molar-refractivity contribution in [3.05, 3.63) is 71.8 Å². The minimum Gasteiger partial charge on any atom is -0.317 e. The van der Waals surface area contributed by atoms with E-state index in [1.807, 2.05) is 46.6 Å². The quantitative estimate of drug-likeness (QED) is 0.261. The highest BCUT2D eigenvalue weighted by atomic mass is 16.2. The third-order valence-corrected chi connectivity index (χ3v) is 9.06. The number of nitrogens with zero attached hydrogens (tertiary/aromatic N) is 8. The minimum absolute atomic E-state index is 0.0139. The third kappa shape index (κ3) is 4.14. The van der Waals surface area contributed by atoms with Crippen LogP contribution in [0.25, 0.3) is 33.4 Å². The number of hydrogen-bond donors (Lipinski definition) is 0. The van der Waals surface area contributed by atoms with E-state index in [0.29, 0.717) is 17.7 Å². The molecule has 1 saturated carbocycles. The highest BCUT2D eigenvalue weighted by molar-refractivity contribution is 6.27. The molecule has 1 aliphatic carbocycles. The van der Waals surface area contributed by atoms with Crippen LogP contribution in [-0.2, 0) is 20.6 Å². The first kappa shape index (κ1) is 25.3. The van der Waals surface area contributed by atoms with E-state index in [4.69, 9.17) is 4.98 Å². The molecule has 2 aromatic carbocycles. The maximum absolute atomic E-state index is 14.3. The van der Waals surface area contributed by atoms with Crippen molar-refractivity contribution < 1.29 is 4.79 Å². The lowest BCUT2D eigenvalue weighted by Gasteiger charge is -2.30. The van der Waals surface area contributed by atoms with Crippen LogP contribution in [0.2, 0.25) is 0 Å². The zero-order chi connectivity index (χ0) is 28.5. The second-order valence-corrected chi connectivity index (χ2v) is 12.4. The van der Waals surface area contributed by atoms with Gasteiger partial charge in [-0.2, -0.15) is 5.10 Å². The van der Waals surface area contributed by atoms with Gasteiger partial charge < -0.3 is 4.57 Å². The van der Waals surface area contributed by atoms with Gasteiger partial charge in [0, 0.05) is 49.7 Å². The van der Waals surface area contributed by atoms with Crippen molar-refractivity contribution in [2.45, 2.75) is 45.1 Å². The number of carbonyl (C=O) groups excluding carboxylic acids is 1. The number of benzene rings is 2. The largest absolute Gasteiger partial charge is 0.317 e. The zero-order valence-electron chi connectivity index (χ0n) is 24.3. The summed E-state index contributed by atoms with van der Waals surface area (Å²) in [6.45, 7) is 5.43. The van der Waals surface area contributed by atoms with E-state index in [1.54, 1.807) is 6.33 Å². The van der Waals surface area contributed by atoms with E-state index in [1.165, 1.54) is 18.4 Å². The van der Waals surface area contributed by atoms with Crippen LogP contribution in [0.15, 0.2) is 55.0 Å². The number of carbonyl (C=O) groups is 1. The fourth-order valence-electron chi connectivity index (χ4n) is 6.91. The fourth-order valence-corrected chi connectivity index (χ4v) is 6.91. The number of aryl methyl sites for hydroxylation is 2. The van der Waals surface area contributed by atoms with E-state index < -0.39 is 0 Å². The summed E-state index contributed by atoms with van der Waals surface area (Å²) < 4.78 is 3.77. The highest BCUT2D eigenvalue weighted by Crippen LogP contribution is 2.46. The van der Waals surface area contributed by atoms with Gasteiger partial charge >= 0.3 is 0 Å². The molecule has 0 unspecified atom stereocenters. The highest BCUT2D eigenvalue weighted by Gasteiger charge is 2.35. The molecule has 2 fully saturated rings. The van der Waals surface area contributed by atoms with E-state index in [-0.39, 0.29) is 5.91 Å². The molecule has 212 valence electrons. The Kier molecular flexibility index (Phi) is 5.79. The first-order valence-corrected chi connectivity index (χ1v) is 15.0. The lowest BCUT2D eigenvalue weighted by atomic mass is 9.98. The average Bonchev–Trinajstić information content (AvgIpc) is 3.55. The molecule has 5 heterocycles. The van der Waals surface area contributed by atoms with Gasteiger partial charge in [-0.3, -0.25) is 19.3 Å². The van der Waals surface area contributed by atoms with E-state index >= 15 is 0 Å². The molecule has 0 spiro atoms. The summed E-state index contributed by atoms with van der Waals surface area (Å²) in [6, 6.07) is 14.8. The van der Waals surface area contributed by atoms with Crippen molar-refractivity contribution >= 4 is 28.2 Å². The number of pyridine rings is 1. The molecular formula is C33H34N8O. The van der Waals surface area contributed by atoms with E-state index in [2.05, 4.69) is 57.5 Å². The Balaban J connectivity index is 1.23. The number of anilines is 2. The number of aromatic nitrogens is 6. The van der Waals surface area contributed by atoms with E-state index in [0.717, 1.165) is 82.8 Å².